The first-order valence-corrected chi connectivity index (χ1v) is 18.3. The Balaban J connectivity index is 0. The van der Waals surface area contributed by atoms with Crippen LogP contribution in [0.15, 0.2) is 4.99 Å². The molecule has 9 heteroatoms. The van der Waals surface area contributed by atoms with Crippen molar-refractivity contribution in [1.29, 1.82) is 0 Å². The van der Waals surface area contributed by atoms with Gasteiger partial charge in [0, 0.05) is 39.5 Å². The highest BCUT2D eigenvalue weighted by Crippen LogP contribution is 2.38. The number of carbonyl (C=O) groups is 1. The van der Waals surface area contributed by atoms with Gasteiger partial charge in [0.1, 0.15) is 17.8 Å². The van der Waals surface area contributed by atoms with Crippen LogP contribution in [0.1, 0.15) is 136 Å². The molecule has 2 aliphatic heterocycles. The molecule has 2 aliphatic rings. The maximum Gasteiger partial charge on any atom is 0.311 e. The molecular weight excluding hydrogens is 598 g/mol. The maximum atomic E-state index is 12.9. The van der Waals surface area contributed by atoms with Crippen molar-refractivity contribution < 1.29 is 39.1 Å². The van der Waals surface area contributed by atoms with Gasteiger partial charge in [-0.3, -0.25) is 9.79 Å². The molecule has 47 heavy (non-hydrogen) atoms. The molecule has 0 spiro atoms. The number of methoxy groups -OCH3 is 2. The third-order valence-corrected chi connectivity index (χ3v) is 10.2. The van der Waals surface area contributed by atoms with Crippen molar-refractivity contribution in [3.8, 4) is 0 Å². The SMILES string of the molecule is CC.CCC.CCN=C1[C@H](C)C[C@@](C)(OC)C[C@@H](C)[C@H](O)C(C)C(=O)O[C@H](CC)[C@@](C)(O)C(C)[C@H]1C.CO[C@]1(C)CCOC(C)[C@@H]1O. The van der Waals surface area contributed by atoms with Crippen molar-refractivity contribution in [3.63, 3.8) is 0 Å². The largest absolute Gasteiger partial charge is 0.459 e. The van der Waals surface area contributed by atoms with Crippen LogP contribution in [0.2, 0.25) is 0 Å². The van der Waals surface area contributed by atoms with Crippen LogP contribution in [0.5, 0.6) is 0 Å². The van der Waals surface area contributed by atoms with Crippen LogP contribution in [0.4, 0.5) is 0 Å². The Hall–Kier alpha value is -1.10. The number of hydrogen-bond donors (Lipinski definition) is 3. The van der Waals surface area contributed by atoms with Gasteiger partial charge in [-0.25, -0.2) is 0 Å². The number of hydrogen-bond acceptors (Lipinski definition) is 9. The highest BCUT2D eigenvalue weighted by molar-refractivity contribution is 5.89. The molecule has 2 fully saturated rings. The monoisotopic (exact) mass is 676 g/mol. The second kappa shape index (κ2) is 22.6. The fraction of sp³-hybridized carbons (Fsp3) is 0.947. The zero-order valence-corrected chi connectivity index (χ0v) is 33.5. The average molecular weight is 676 g/mol. The summed E-state index contributed by atoms with van der Waals surface area (Å²) in [5, 5.41) is 32.1. The lowest BCUT2D eigenvalue weighted by molar-refractivity contribution is -0.188. The van der Waals surface area contributed by atoms with Crippen molar-refractivity contribution in [1.82, 2.24) is 0 Å². The number of carbonyl (C=O) groups excluding carboxylic acids is 1. The quantitative estimate of drug-likeness (QED) is 0.266. The number of aliphatic hydroxyl groups is 3. The van der Waals surface area contributed by atoms with Crippen molar-refractivity contribution in [2.24, 2.45) is 34.6 Å². The van der Waals surface area contributed by atoms with Crippen LogP contribution >= 0.6 is 0 Å². The van der Waals surface area contributed by atoms with Gasteiger partial charge >= 0.3 is 5.97 Å². The summed E-state index contributed by atoms with van der Waals surface area (Å²) in [6.07, 6.45) is 1.71. The Kier molecular flexibility index (Phi) is 23.1. The topological polar surface area (TPSA) is 127 Å². The lowest BCUT2D eigenvalue weighted by Crippen LogP contribution is -2.52. The lowest BCUT2D eigenvalue weighted by Gasteiger charge is -2.43. The molecule has 0 aromatic rings. The van der Waals surface area contributed by atoms with Crippen LogP contribution in [-0.4, -0.2) is 95.6 Å². The first-order valence-electron chi connectivity index (χ1n) is 18.3. The number of nitrogens with zero attached hydrogens (tertiary/aromatic N) is 1. The highest BCUT2D eigenvalue weighted by Gasteiger charge is 2.45. The summed E-state index contributed by atoms with van der Waals surface area (Å²) >= 11 is 0. The Morgan fingerprint density at radius 2 is 1.43 bits per heavy atom. The molecule has 0 aromatic carbocycles. The van der Waals surface area contributed by atoms with E-state index in [9.17, 15) is 20.1 Å². The highest BCUT2D eigenvalue weighted by atomic mass is 16.6. The van der Waals surface area contributed by atoms with E-state index in [1.54, 1.807) is 28.1 Å². The zero-order chi connectivity index (χ0) is 37.3. The van der Waals surface area contributed by atoms with Gasteiger partial charge in [-0.05, 0) is 84.5 Å². The van der Waals surface area contributed by atoms with Gasteiger partial charge in [0.25, 0.3) is 0 Å². The smallest absolute Gasteiger partial charge is 0.311 e. The Morgan fingerprint density at radius 3 is 1.85 bits per heavy atom. The van der Waals surface area contributed by atoms with Crippen molar-refractivity contribution in [2.75, 3.05) is 27.4 Å². The predicted molar refractivity (Wildman–Crippen MR) is 194 cm³/mol. The van der Waals surface area contributed by atoms with Gasteiger partial charge in [-0.2, -0.15) is 0 Å². The molecule has 0 amide bonds. The van der Waals surface area contributed by atoms with Crippen molar-refractivity contribution >= 4 is 11.7 Å². The summed E-state index contributed by atoms with van der Waals surface area (Å²) in [5.74, 6) is -1.36. The minimum absolute atomic E-state index is 0.00202. The normalized spacial score (nSPS) is 41.1. The first kappa shape index (κ1) is 48.0. The van der Waals surface area contributed by atoms with E-state index in [0.29, 0.717) is 26.0 Å². The number of esters is 1. The predicted octanol–water partition coefficient (Wildman–Crippen LogP) is 7.26. The van der Waals surface area contributed by atoms with E-state index in [1.807, 2.05) is 55.4 Å². The van der Waals surface area contributed by atoms with E-state index in [2.05, 4.69) is 34.6 Å². The van der Waals surface area contributed by atoms with Crippen molar-refractivity contribution in [2.45, 2.75) is 177 Å². The Morgan fingerprint density at radius 1 is 0.894 bits per heavy atom. The van der Waals surface area contributed by atoms with Gasteiger partial charge in [0.2, 0.25) is 0 Å². The number of rotatable bonds is 4. The number of ether oxygens (including phenoxy) is 4. The second-order valence-corrected chi connectivity index (χ2v) is 14.3. The molecule has 0 aromatic heterocycles. The summed E-state index contributed by atoms with van der Waals surface area (Å²) in [6, 6.07) is 0. The number of aliphatic hydroxyl groups excluding tert-OH is 2. The summed E-state index contributed by atoms with van der Waals surface area (Å²) < 4.78 is 22.2. The van der Waals surface area contributed by atoms with Gasteiger partial charge in [-0.1, -0.05) is 68.7 Å². The van der Waals surface area contributed by atoms with E-state index >= 15 is 0 Å². The third-order valence-electron chi connectivity index (χ3n) is 10.2. The van der Waals surface area contributed by atoms with E-state index in [1.165, 1.54) is 6.42 Å². The minimum Gasteiger partial charge on any atom is -0.459 e. The molecule has 2 rings (SSSR count). The number of aliphatic imine (C=N–C) groups is 1. The van der Waals surface area contributed by atoms with Gasteiger partial charge in [0.15, 0.2) is 0 Å². The lowest BCUT2D eigenvalue weighted by atomic mass is 9.71. The minimum atomic E-state index is -1.23. The molecule has 2 heterocycles. The second-order valence-electron chi connectivity index (χ2n) is 14.3. The van der Waals surface area contributed by atoms with Gasteiger partial charge in [0.05, 0.1) is 29.3 Å². The van der Waals surface area contributed by atoms with Crippen LogP contribution in [-0.2, 0) is 23.7 Å². The molecule has 3 N–H and O–H groups in total. The molecule has 0 radical (unpaired) electrons. The Bertz CT molecular complexity index is 882. The molecular formula is C38H77NO8. The third kappa shape index (κ3) is 14.0. The van der Waals surface area contributed by atoms with Gasteiger partial charge in [-0.15, -0.1) is 0 Å². The number of cyclic esters (lactones) is 1. The van der Waals surface area contributed by atoms with Crippen LogP contribution in [0, 0.1) is 29.6 Å². The average Bonchev–Trinajstić information content (AvgIpc) is 3.04. The van der Waals surface area contributed by atoms with Gasteiger partial charge < -0.3 is 34.3 Å². The van der Waals surface area contributed by atoms with E-state index in [-0.39, 0.29) is 29.8 Å². The fourth-order valence-corrected chi connectivity index (χ4v) is 6.69. The van der Waals surface area contributed by atoms with Crippen LogP contribution in [0.25, 0.3) is 0 Å². The molecule has 0 bridgehead atoms. The molecule has 0 saturated carbocycles. The summed E-state index contributed by atoms with van der Waals surface area (Å²) in [6.45, 7) is 31.0. The van der Waals surface area contributed by atoms with E-state index in [0.717, 1.165) is 18.6 Å². The molecule has 12 atom stereocenters. The summed E-state index contributed by atoms with van der Waals surface area (Å²) in [5.41, 5.74) is -1.07. The summed E-state index contributed by atoms with van der Waals surface area (Å²) in [7, 11) is 3.33. The van der Waals surface area contributed by atoms with E-state index in [4.69, 9.17) is 23.9 Å². The molecule has 0 aliphatic carbocycles. The molecule has 2 saturated heterocycles. The van der Waals surface area contributed by atoms with Crippen LogP contribution < -0.4 is 0 Å². The molecule has 3 unspecified atom stereocenters. The molecule has 9 nitrogen and oxygen atoms in total. The Labute approximate surface area is 289 Å². The molecule has 282 valence electrons. The fourth-order valence-electron chi connectivity index (χ4n) is 6.69. The summed E-state index contributed by atoms with van der Waals surface area (Å²) in [4.78, 5) is 17.7. The first-order chi connectivity index (χ1) is 21.8. The zero-order valence-electron chi connectivity index (χ0n) is 33.5. The van der Waals surface area contributed by atoms with Crippen molar-refractivity contribution in [3.05, 3.63) is 0 Å². The standard InChI is InChI=1S/C25H47NO5.C8H16O3.C3H8.C2H6/c1-11-20-25(9,29)19(7)17(5)21(26-12-2)15(3)13-24(8,30-10)14-16(4)22(27)18(6)23(28)31-20;1-6-7(9)8(2,10-3)4-5-11-6;1-3-2;1-2/h15-20,22,27,29H,11-14H2,1-10H3;6-7,9H,4-5H2,1-3H3;3H2,1-2H3;1-2H3/t15-,16-,17-,18?,19?,20-,22+,24-,25+;6?,7-,8+;;/m10../s1. The maximum absolute atomic E-state index is 12.9. The van der Waals surface area contributed by atoms with E-state index < -0.39 is 47.0 Å². The van der Waals surface area contributed by atoms with Crippen LogP contribution in [0.3, 0.4) is 0 Å².